The number of hydrogen-bond acceptors (Lipinski definition) is 6. The summed E-state index contributed by atoms with van der Waals surface area (Å²) in [4.78, 5) is 18.9. The van der Waals surface area contributed by atoms with E-state index in [-0.39, 0.29) is 36.6 Å². The van der Waals surface area contributed by atoms with Crippen LogP contribution in [0.2, 0.25) is 0 Å². The number of aromatic nitrogens is 2. The van der Waals surface area contributed by atoms with Gasteiger partial charge in [-0.25, -0.2) is 0 Å². The standard InChI is InChI=1S/C17H28N4O3/c1-10(2)15(17-19-16(20-24-17)13-5-6-13)18-7-14(22)21-8-11(3)23-12(4)9-21/h10-13,15,18H,5-9H2,1-4H3/t11-,12+,15-/m0/s1. The Hall–Kier alpha value is -1.47. The Morgan fingerprint density at radius 3 is 2.54 bits per heavy atom. The zero-order chi connectivity index (χ0) is 17.3. The number of rotatable bonds is 6. The zero-order valence-electron chi connectivity index (χ0n) is 15.0. The van der Waals surface area contributed by atoms with Gasteiger partial charge in [0.25, 0.3) is 0 Å². The second-order valence-corrected chi connectivity index (χ2v) is 7.42. The van der Waals surface area contributed by atoms with E-state index in [1.165, 1.54) is 0 Å². The summed E-state index contributed by atoms with van der Waals surface area (Å²) in [5.41, 5.74) is 0. The molecular formula is C17H28N4O3. The van der Waals surface area contributed by atoms with E-state index < -0.39 is 0 Å². The fraction of sp³-hybridized carbons (Fsp3) is 0.824. The maximum Gasteiger partial charge on any atom is 0.244 e. The number of carbonyl (C=O) groups excluding carboxylic acids is 1. The van der Waals surface area contributed by atoms with Gasteiger partial charge in [0.2, 0.25) is 11.8 Å². The van der Waals surface area contributed by atoms with Crippen molar-refractivity contribution in [2.24, 2.45) is 5.92 Å². The summed E-state index contributed by atoms with van der Waals surface area (Å²) in [6.07, 6.45) is 2.45. The van der Waals surface area contributed by atoms with Crippen LogP contribution in [0.5, 0.6) is 0 Å². The minimum atomic E-state index is -0.107. The third-order valence-electron chi connectivity index (χ3n) is 4.58. The highest BCUT2D eigenvalue weighted by Gasteiger charge is 2.32. The van der Waals surface area contributed by atoms with Crippen LogP contribution in [0.1, 0.15) is 64.2 Å². The van der Waals surface area contributed by atoms with Crippen LogP contribution in [0.3, 0.4) is 0 Å². The number of nitrogens with zero attached hydrogens (tertiary/aromatic N) is 3. The van der Waals surface area contributed by atoms with Crippen LogP contribution in [-0.2, 0) is 9.53 Å². The largest absolute Gasteiger partial charge is 0.372 e. The van der Waals surface area contributed by atoms with Gasteiger partial charge < -0.3 is 14.2 Å². The van der Waals surface area contributed by atoms with Crippen molar-refractivity contribution in [1.82, 2.24) is 20.4 Å². The number of nitrogens with one attached hydrogen (secondary N) is 1. The number of ether oxygens (including phenoxy) is 1. The molecule has 0 unspecified atom stereocenters. The summed E-state index contributed by atoms with van der Waals surface area (Å²) >= 11 is 0. The van der Waals surface area contributed by atoms with Crippen LogP contribution in [0.25, 0.3) is 0 Å². The molecule has 1 saturated heterocycles. The summed E-state index contributed by atoms with van der Waals surface area (Å²) in [6, 6.07) is -0.107. The van der Waals surface area contributed by atoms with E-state index in [4.69, 9.17) is 9.26 Å². The van der Waals surface area contributed by atoms with Gasteiger partial charge in [0, 0.05) is 19.0 Å². The molecule has 2 heterocycles. The molecule has 2 aliphatic rings. The predicted octanol–water partition coefficient (Wildman–Crippen LogP) is 1.87. The molecule has 7 nitrogen and oxygen atoms in total. The molecule has 7 heteroatoms. The molecule has 1 N–H and O–H groups in total. The van der Waals surface area contributed by atoms with Crippen LogP contribution in [-0.4, -0.2) is 52.8 Å². The van der Waals surface area contributed by atoms with Crippen molar-refractivity contribution < 1.29 is 14.1 Å². The van der Waals surface area contributed by atoms with Gasteiger partial charge >= 0.3 is 0 Å². The molecule has 0 spiro atoms. The van der Waals surface area contributed by atoms with Gasteiger partial charge in [-0.05, 0) is 32.6 Å². The Labute approximate surface area is 143 Å². The third-order valence-corrected chi connectivity index (χ3v) is 4.58. The second kappa shape index (κ2) is 7.19. The first-order valence-electron chi connectivity index (χ1n) is 8.94. The Bertz CT molecular complexity index is 560. The summed E-state index contributed by atoms with van der Waals surface area (Å²) in [7, 11) is 0. The molecule has 1 aromatic rings. The van der Waals surface area contributed by atoms with Crippen LogP contribution in [0.4, 0.5) is 0 Å². The highest BCUT2D eigenvalue weighted by Crippen LogP contribution is 2.38. The molecule has 3 atom stereocenters. The van der Waals surface area contributed by atoms with E-state index in [9.17, 15) is 4.79 Å². The van der Waals surface area contributed by atoms with Crippen molar-refractivity contribution in [2.45, 2.75) is 64.7 Å². The number of amides is 1. The van der Waals surface area contributed by atoms with E-state index >= 15 is 0 Å². The minimum Gasteiger partial charge on any atom is -0.372 e. The van der Waals surface area contributed by atoms with Crippen molar-refractivity contribution in [3.8, 4) is 0 Å². The summed E-state index contributed by atoms with van der Waals surface area (Å²) in [6.45, 7) is 9.72. The normalized spacial score (nSPS) is 26.0. The van der Waals surface area contributed by atoms with E-state index in [0.29, 0.717) is 24.9 Å². The number of morpholine rings is 1. The Balaban J connectivity index is 1.58. The van der Waals surface area contributed by atoms with Crippen molar-refractivity contribution in [2.75, 3.05) is 19.6 Å². The Morgan fingerprint density at radius 2 is 1.96 bits per heavy atom. The lowest BCUT2D eigenvalue weighted by Gasteiger charge is -2.35. The summed E-state index contributed by atoms with van der Waals surface area (Å²) < 4.78 is 11.1. The quantitative estimate of drug-likeness (QED) is 0.854. The number of hydrogen-bond donors (Lipinski definition) is 1. The van der Waals surface area contributed by atoms with E-state index in [0.717, 1.165) is 18.7 Å². The van der Waals surface area contributed by atoms with Crippen molar-refractivity contribution >= 4 is 5.91 Å². The monoisotopic (exact) mass is 336 g/mol. The molecule has 1 aromatic heterocycles. The average Bonchev–Trinajstić information content (AvgIpc) is 3.25. The van der Waals surface area contributed by atoms with Gasteiger partial charge in [-0.1, -0.05) is 19.0 Å². The highest BCUT2D eigenvalue weighted by molar-refractivity contribution is 5.78. The van der Waals surface area contributed by atoms with Crippen LogP contribution >= 0.6 is 0 Å². The fourth-order valence-electron chi connectivity index (χ4n) is 3.18. The fourth-order valence-corrected chi connectivity index (χ4v) is 3.18. The van der Waals surface area contributed by atoms with Gasteiger partial charge in [0.05, 0.1) is 24.8 Å². The average molecular weight is 336 g/mol. The smallest absolute Gasteiger partial charge is 0.244 e. The minimum absolute atomic E-state index is 0.0793. The molecule has 0 aromatic carbocycles. The van der Waals surface area contributed by atoms with E-state index in [1.54, 1.807) is 0 Å². The molecule has 134 valence electrons. The van der Waals surface area contributed by atoms with Gasteiger partial charge in [0.1, 0.15) is 0 Å². The molecule has 1 amide bonds. The van der Waals surface area contributed by atoms with Crippen molar-refractivity contribution in [3.05, 3.63) is 11.7 Å². The first kappa shape index (κ1) is 17.4. The van der Waals surface area contributed by atoms with Crippen molar-refractivity contribution in [1.29, 1.82) is 0 Å². The summed E-state index contributed by atoms with van der Waals surface area (Å²) in [5, 5.41) is 7.39. The van der Waals surface area contributed by atoms with Crippen LogP contribution < -0.4 is 5.32 Å². The van der Waals surface area contributed by atoms with Gasteiger partial charge in [-0.3, -0.25) is 10.1 Å². The van der Waals surface area contributed by atoms with Gasteiger partial charge in [-0.2, -0.15) is 4.98 Å². The topological polar surface area (TPSA) is 80.5 Å². The molecule has 3 rings (SSSR count). The zero-order valence-corrected chi connectivity index (χ0v) is 15.0. The maximum absolute atomic E-state index is 12.5. The van der Waals surface area contributed by atoms with Crippen LogP contribution in [0, 0.1) is 5.92 Å². The molecule has 0 radical (unpaired) electrons. The second-order valence-electron chi connectivity index (χ2n) is 7.42. The SMILES string of the molecule is CC(C)[C@H](NCC(=O)N1C[C@@H](C)O[C@@H](C)C1)c1nc(C2CC2)no1. The molecule has 24 heavy (non-hydrogen) atoms. The molecule has 1 aliphatic heterocycles. The Morgan fingerprint density at radius 1 is 1.29 bits per heavy atom. The highest BCUT2D eigenvalue weighted by atomic mass is 16.5. The van der Waals surface area contributed by atoms with Crippen LogP contribution in [0.15, 0.2) is 4.52 Å². The van der Waals surface area contributed by atoms with Gasteiger partial charge in [-0.15, -0.1) is 0 Å². The molecule has 2 fully saturated rings. The molecule has 0 bridgehead atoms. The first-order valence-corrected chi connectivity index (χ1v) is 8.94. The number of carbonyl (C=O) groups is 1. The summed E-state index contributed by atoms with van der Waals surface area (Å²) in [5.74, 6) is 2.20. The van der Waals surface area contributed by atoms with E-state index in [1.807, 2.05) is 18.7 Å². The molecule has 1 saturated carbocycles. The molecular weight excluding hydrogens is 308 g/mol. The first-order chi connectivity index (χ1) is 11.4. The maximum atomic E-state index is 12.5. The van der Waals surface area contributed by atoms with Crippen molar-refractivity contribution in [3.63, 3.8) is 0 Å². The van der Waals surface area contributed by atoms with Gasteiger partial charge in [0.15, 0.2) is 5.82 Å². The lowest BCUT2D eigenvalue weighted by atomic mass is 10.0. The third kappa shape index (κ3) is 4.13. The lowest BCUT2D eigenvalue weighted by molar-refractivity contribution is -0.142. The predicted molar refractivity (Wildman–Crippen MR) is 88.4 cm³/mol. The Kier molecular flexibility index (Phi) is 5.20. The molecule has 1 aliphatic carbocycles. The lowest BCUT2D eigenvalue weighted by Crippen LogP contribution is -2.51. The van der Waals surface area contributed by atoms with E-state index in [2.05, 4.69) is 29.3 Å².